The van der Waals surface area contributed by atoms with E-state index < -0.39 is 21.8 Å². The van der Waals surface area contributed by atoms with Crippen LogP contribution in [0.3, 0.4) is 0 Å². The second kappa shape index (κ2) is 11.3. The molecular weight excluding hydrogens is 543 g/mol. The maximum absolute atomic E-state index is 13.5. The molecule has 0 spiro atoms. The number of allylic oxidation sites excluding steroid dienone is 4. The lowest BCUT2D eigenvalue weighted by Gasteiger charge is -2.46. The first-order valence-electron chi connectivity index (χ1n) is 12.4. The van der Waals surface area contributed by atoms with Crippen LogP contribution in [0.4, 0.5) is 18.9 Å². The van der Waals surface area contributed by atoms with E-state index in [0.717, 1.165) is 0 Å². The highest BCUT2D eigenvalue weighted by molar-refractivity contribution is 7.96. The monoisotopic (exact) mass is 575 g/mol. The van der Waals surface area contributed by atoms with Gasteiger partial charge in [0.2, 0.25) is 10.0 Å². The molecular formula is C25H32F3N3O5S2. The second-order valence-corrected chi connectivity index (χ2v) is 12.2. The highest BCUT2D eigenvalue weighted by Gasteiger charge is 2.51. The molecule has 1 aromatic rings. The van der Waals surface area contributed by atoms with Crippen LogP contribution in [0.5, 0.6) is 0 Å². The van der Waals surface area contributed by atoms with Crippen molar-refractivity contribution in [3.05, 3.63) is 53.0 Å². The third kappa shape index (κ3) is 5.83. The number of piperazine rings is 1. The van der Waals surface area contributed by atoms with E-state index in [0.29, 0.717) is 56.7 Å². The Labute approximate surface area is 226 Å². The zero-order valence-corrected chi connectivity index (χ0v) is 22.6. The van der Waals surface area contributed by atoms with Crippen molar-refractivity contribution in [1.82, 2.24) is 9.21 Å². The van der Waals surface area contributed by atoms with Crippen molar-refractivity contribution in [2.45, 2.75) is 37.2 Å². The average Bonchev–Trinajstić information content (AvgIpc) is 2.88. The van der Waals surface area contributed by atoms with Crippen LogP contribution < -0.4 is 4.90 Å². The Balaban J connectivity index is 1.62. The number of hydrogen-bond donors (Lipinski definition) is 2. The Hall–Kier alpha value is -1.87. The largest absolute Gasteiger partial charge is 0.421 e. The molecule has 0 radical (unpaired) electrons. The van der Waals surface area contributed by atoms with Gasteiger partial charge in [-0.05, 0) is 30.7 Å². The van der Waals surface area contributed by atoms with Gasteiger partial charge >= 0.3 is 6.18 Å². The maximum atomic E-state index is 13.5. The lowest BCUT2D eigenvalue weighted by molar-refractivity contribution is -0.258. The Morgan fingerprint density at radius 1 is 1.13 bits per heavy atom. The molecule has 0 bridgehead atoms. The smallest absolute Gasteiger partial charge is 0.395 e. The molecule has 0 saturated carbocycles. The molecule has 2 fully saturated rings. The minimum atomic E-state index is -4.84. The number of hydrogen-bond acceptors (Lipinski definition) is 8. The minimum Gasteiger partial charge on any atom is -0.395 e. The predicted octanol–water partition coefficient (Wildman–Crippen LogP) is 2.18. The van der Waals surface area contributed by atoms with E-state index in [1.54, 1.807) is 12.2 Å². The third-order valence-electron chi connectivity index (χ3n) is 7.34. The molecule has 3 aliphatic rings. The number of sulfonamides is 1. The summed E-state index contributed by atoms with van der Waals surface area (Å²) in [6, 6.07) is 4.89. The number of nitrogens with zero attached hydrogens (tertiary/aromatic N) is 3. The van der Waals surface area contributed by atoms with Crippen molar-refractivity contribution in [3.8, 4) is 0 Å². The highest BCUT2D eigenvalue weighted by Crippen LogP contribution is 2.39. The van der Waals surface area contributed by atoms with Gasteiger partial charge in [-0.2, -0.15) is 17.5 Å². The Morgan fingerprint density at radius 2 is 1.84 bits per heavy atom. The number of alkyl halides is 3. The molecule has 8 nitrogen and oxygen atoms in total. The van der Waals surface area contributed by atoms with Crippen molar-refractivity contribution >= 4 is 32.8 Å². The van der Waals surface area contributed by atoms with E-state index in [1.807, 2.05) is 9.80 Å². The van der Waals surface area contributed by atoms with Crippen LogP contribution in [0.25, 0.3) is 0 Å². The second-order valence-electron chi connectivity index (χ2n) is 9.82. The molecule has 1 aromatic carbocycles. The SMILES string of the molecule is CC(O)(c1ccc(N2CCN(S(=O)(=O)C3=CC=CCC3=S)C[C@@H]2CN2CCOC[C@@H]2CO)cc1)C(F)(F)F. The number of anilines is 1. The maximum Gasteiger partial charge on any atom is 0.421 e. The quantitative estimate of drug-likeness (QED) is 0.478. The first-order valence-corrected chi connectivity index (χ1v) is 14.2. The van der Waals surface area contributed by atoms with Crippen molar-refractivity contribution in [1.29, 1.82) is 0 Å². The van der Waals surface area contributed by atoms with Crippen LogP contribution in [-0.4, -0.2) is 104 Å². The van der Waals surface area contributed by atoms with E-state index >= 15 is 0 Å². The Morgan fingerprint density at radius 3 is 2.47 bits per heavy atom. The Kier molecular flexibility index (Phi) is 8.67. The summed E-state index contributed by atoms with van der Waals surface area (Å²) < 4.78 is 73.9. The third-order valence-corrected chi connectivity index (χ3v) is 9.81. The minimum absolute atomic E-state index is 0.112. The standard InChI is InChI=1S/C25H32F3N3O5S2/c1-24(33,25(26,27)28)18-6-8-19(9-7-18)31-11-10-30(38(34,35)23-5-3-2-4-22(23)37)15-20(31)14-29-12-13-36-17-21(29)16-32/h2-3,5-9,20-21,32-33H,4,10-17H2,1H3/t20-,21-,24?/m0/s1. The molecule has 1 unspecified atom stereocenters. The van der Waals surface area contributed by atoms with E-state index in [4.69, 9.17) is 17.0 Å². The Bertz CT molecular complexity index is 1190. The van der Waals surface area contributed by atoms with Gasteiger partial charge < -0.3 is 19.8 Å². The molecule has 2 N–H and O–H groups in total. The van der Waals surface area contributed by atoms with E-state index in [9.17, 15) is 31.8 Å². The van der Waals surface area contributed by atoms with Gasteiger partial charge in [-0.1, -0.05) is 36.5 Å². The van der Waals surface area contributed by atoms with Crippen LogP contribution >= 0.6 is 12.2 Å². The summed E-state index contributed by atoms with van der Waals surface area (Å²) in [7, 11) is -3.85. The van der Waals surface area contributed by atoms with Crippen LogP contribution in [0.1, 0.15) is 18.9 Å². The summed E-state index contributed by atoms with van der Waals surface area (Å²) in [5, 5.41) is 19.9. The van der Waals surface area contributed by atoms with Crippen molar-refractivity contribution < 1.29 is 36.5 Å². The first-order chi connectivity index (χ1) is 17.9. The van der Waals surface area contributed by atoms with E-state index in [-0.39, 0.29) is 42.2 Å². The van der Waals surface area contributed by atoms with Crippen molar-refractivity contribution in [2.24, 2.45) is 0 Å². The fourth-order valence-electron chi connectivity index (χ4n) is 4.94. The van der Waals surface area contributed by atoms with Crippen LogP contribution in [0.15, 0.2) is 47.4 Å². The normalized spacial score (nSPS) is 25.8. The summed E-state index contributed by atoms with van der Waals surface area (Å²) in [4.78, 5) is 4.48. The molecule has 3 atom stereocenters. The van der Waals surface area contributed by atoms with Gasteiger partial charge in [0.25, 0.3) is 0 Å². The lowest BCUT2D eigenvalue weighted by atomic mass is 9.95. The molecule has 0 amide bonds. The molecule has 2 saturated heterocycles. The van der Waals surface area contributed by atoms with Gasteiger partial charge in [0.1, 0.15) is 0 Å². The molecule has 4 rings (SSSR count). The topological polar surface area (TPSA) is 93.6 Å². The number of thiocarbonyl (C=S) groups is 1. The van der Waals surface area contributed by atoms with Crippen LogP contribution in [-0.2, 0) is 20.4 Å². The molecule has 2 heterocycles. The molecule has 0 aromatic heterocycles. The van der Waals surface area contributed by atoms with Crippen molar-refractivity contribution in [3.63, 3.8) is 0 Å². The summed E-state index contributed by atoms with van der Waals surface area (Å²) in [6.45, 7) is 2.95. The number of morpholine rings is 1. The van der Waals surface area contributed by atoms with Gasteiger partial charge in [0.05, 0.1) is 36.8 Å². The number of aliphatic hydroxyl groups is 2. The summed E-state index contributed by atoms with van der Waals surface area (Å²) >= 11 is 5.32. The fraction of sp³-hybridized carbons (Fsp3) is 0.560. The van der Waals surface area contributed by atoms with Gasteiger partial charge in [-0.15, -0.1) is 0 Å². The predicted molar refractivity (Wildman–Crippen MR) is 141 cm³/mol. The average molecular weight is 576 g/mol. The fourth-order valence-corrected chi connectivity index (χ4v) is 7.01. The van der Waals surface area contributed by atoms with Gasteiger partial charge in [-0.25, -0.2) is 8.42 Å². The summed E-state index contributed by atoms with van der Waals surface area (Å²) in [5.41, 5.74) is -2.68. The zero-order valence-electron chi connectivity index (χ0n) is 21.0. The molecule has 2 aliphatic heterocycles. The lowest BCUT2D eigenvalue weighted by Crippen LogP contribution is -2.61. The van der Waals surface area contributed by atoms with Crippen LogP contribution in [0.2, 0.25) is 0 Å². The number of rotatable bonds is 7. The van der Waals surface area contributed by atoms with Crippen LogP contribution in [0, 0.1) is 0 Å². The molecule has 1 aliphatic carbocycles. The molecule has 13 heteroatoms. The number of benzene rings is 1. The molecule has 38 heavy (non-hydrogen) atoms. The number of halogens is 3. The first kappa shape index (κ1) is 29.1. The zero-order chi connectivity index (χ0) is 27.7. The van der Waals surface area contributed by atoms with Gasteiger partial charge in [-0.3, -0.25) is 4.90 Å². The summed E-state index contributed by atoms with van der Waals surface area (Å²) in [6.07, 6.45) is 0.528. The molecule has 210 valence electrons. The number of ether oxygens (including phenoxy) is 1. The highest BCUT2D eigenvalue weighted by atomic mass is 32.2. The van der Waals surface area contributed by atoms with Gasteiger partial charge in [0, 0.05) is 49.7 Å². The van der Waals surface area contributed by atoms with Gasteiger partial charge in [0.15, 0.2) is 5.60 Å². The van der Waals surface area contributed by atoms with E-state index in [1.165, 1.54) is 34.6 Å². The number of aliphatic hydroxyl groups excluding tert-OH is 1. The van der Waals surface area contributed by atoms with Crippen molar-refractivity contribution in [2.75, 3.05) is 57.4 Å². The van der Waals surface area contributed by atoms with E-state index in [2.05, 4.69) is 0 Å². The summed E-state index contributed by atoms with van der Waals surface area (Å²) in [5.74, 6) is 0.